The van der Waals surface area contributed by atoms with Gasteiger partial charge in [-0.05, 0) is 31.9 Å². The zero-order valence-corrected chi connectivity index (χ0v) is 13.9. The van der Waals surface area contributed by atoms with Crippen LogP contribution in [0.4, 0.5) is 5.69 Å². The molecule has 0 radical (unpaired) electrons. The number of fused-ring (bicyclic) bond motifs is 1. The molecule has 0 saturated heterocycles. The molecule has 0 fully saturated rings. The van der Waals surface area contributed by atoms with E-state index in [0.29, 0.717) is 22.7 Å². The molecule has 2 rings (SSSR count). The van der Waals surface area contributed by atoms with Crippen LogP contribution in [0.3, 0.4) is 0 Å². The number of hydrogen-bond acceptors (Lipinski definition) is 5. The molecule has 0 aliphatic heterocycles. The van der Waals surface area contributed by atoms with Gasteiger partial charge >= 0.3 is 0 Å². The van der Waals surface area contributed by atoms with Crippen molar-refractivity contribution in [2.45, 2.75) is 26.3 Å². The van der Waals surface area contributed by atoms with E-state index in [-0.39, 0.29) is 11.9 Å². The predicted molar refractivity (Wildman–Crippen MR) is 89.2 cm³/mol. The number of aryl methyl sites for hydroxylation is 1. The highest BCUT2D eigenvalue weighted by molar-refractivity contribution is 7.84. The first kappa shape index (κ1) is 15.9. The van der Waals surface area contributed by atoms with E-state index in [4.69, 9.17) is 5.73 Å². The van der Waals surface area contributed by atoms with Gasteiger partial charge < -0.3 is 11.1 Å². The largest absolute Gasteiger partial charge is 0.397 e. The third kappa shape index (κ3) is 3.59. The Kier molecular flexibility index (Phi) is 4.95. The molecular weight excluding hydrogens is 306 g/mol. The molecule has 1 amide bonds. The van der Waals surface area contributed by atoms with Crippen molar-refractivity contribution in [3.8, 4) is 0 Å². The lowest BCUT2D eigenvalue weighted by molar-refractivity contribution is 0.0944. The molecule has 2 heterocycles. The van der Waals surface area contributed by atoms with Crippen molar-refractivity contribution in [1.82, 2.24) is 10.3 Å². The van der Waals surface area contributed by atoms with E-state index in [2.05, 4.69) is 10.3 Å². The SMILES string of the molecule is Cc1ccnc2sc(C(=O)NC(C)CCS(C)=O)c(N)c12. The van der Waals surface area contributed by atoms with Gasteiger partial charge in [0, 0.05) is 40.4 Å². The van der Waals surface area contributed by atoms with Gasteiger partial charge in [0.15, 0.2) is 0 Å². The van der Waals surface area contributed by atoms with Crippen LogP contribution in [0.5, 0.6) is 0 Å². The summed E-state index contributed by atoms with van der Waals surface area (Å²) in [5, 5.41) is 3.76. The number of amides is 1. The lowest BCUT2D eigenvalue weighted by Crippen LogP contribution is -2.33. The zero-order valence-electron chi connectivity index (χ0n) is 12.3. The maximum Gasteiger partial charge on any atom is 0.263 e. The van der Waals surface area contributed by atoms with Crippen LogP contribution < -0.4 is 11.1 Å². The maximum atomic E-state index is 12.3. The maximum absolute atomic E-state index is 12.3. The monoisotopic (exact) mass is 325 g/mol. The molecule has 21 heavy (non-hydrogen) atoms. The van der Waals surface area contributed by atoms with Crippen molar-refractivity contribution in [2.24, 2.45) is 0 Å². The quantitative estimate of drug-likeness (QED) is 0.881. The Morgan fingerprint density at radius 3 is 2.90 bits per heavy atom. The molecule has 0 aliphatic rings. The van der Waals surface area contributed by atoms with Gasteiger partial charge in [-0.15, -0.1) is 11.3 Å². The Balaban J connectivity index is 2.18. The molecule has 0 spiro atoms. The van der Waals surface area contributed by atoms with E-state index >= 15 is 0 Å². The third-order valence-corrected chi connectivity index (χ3v) is 5.18. The summed E-state index contributed by atoms with van der Waals surface area (Å²) in [5.74, 6) is 0.383. The number of hydrogen-bond donors (Lipinski definition) is 2. The third-order valence-electron chi connectivity index (χ3n) is 3.26. The second kappa shape index (κ2) is 6.53. The highest BCUT2D eigenvalue weighted by Gasteiger charge is 2.19. The number of carbonyl (C=O) groups is 1. The minimum Gasteiger partial charge on any atom is -0.397 e. The lowest BCUT2D eigenvalue weighted by atomic mass is 10.1. The molecule has 5 nitrogen and oxygen atoms in total. The Morgan fingerprint density at radius 2 is 2.29 bits per heavy atom. The number of nitrogen functional groups attached to an aromatic ring is 1. The number of anilines is 1. The predicted octanol–water partition coefficient (Wildman–Crippen LogP) is 2.07. The van der Waals surface area contributed by atoms with Crippen molar-refractivity contribution in [3.05, 3.63) is 22.7 Å². The van der Waals surface area contributed by atoms with E-state index < -0.39 is 10.8 Å². The first-order valence-electron chi connectivity index (χ1n) is 6.64. The lowest BCUT2D eigenvalue weighted by Gasteiger charge is -2.12. The highest BCUT2D eigenvalue weighted by Crippen LogP contribution is 2.34. The summed E-state index contributed by atoms with van der Waals surface area (Å²) in [6.07, 6.45) is 4.05. The minimum absolute atomic E-state index is 0.0416. The Labute approximate surface area is 130 Å². The molecular formula is C14H19N3O2S2. The summed E-state index contributed by atoms with van der Waals surface area (Å²) in [6.45, 7) is 3.85. The summed E-state index contributed by atoms with van der Waals surface area (Å²) in [7, 11) is -0.849. The highest BCUT2D eigenvalue weighted by atomic mass is 32.2. The number of pyridine rings is 1. The zero-order chi connectivity index (χ0) is 15.6. The average molecular weight is 325 g/mol. The molecule has 2 aromatic heterocycles. The normalized spacial score (nSPS) is 14.0. The van der Waals surface area contributed by atoms with Gasteiger partial charge in [-0.2, -0.15) is 0 Å². The van der Waals surface area contributed by atoms with Crippen LogP contribution in [0.25, 0.3) is 10.2 Å². The summed E-state index contributed by atoms with van der Waals surface area (Å²) in [5.41, 5.74) is 7.61. The molecule has 0 saturated carbocycles. The van der Waals surface area contributed by atoms with Gasteiger partial charge in [-0.1, -0.05) is 0 Å². The summed E-state index contributed by atoms with van der Waals surface area (Å²) >= 11 is 1.30. The van der Waals surface area contributed by atoms with Crippen LogP contribution in [-0.4, -0.2) is 33.2 Å². The van der Waals surface area contributed by atoms with Crippen molar-refractivity contribution in [3.63, 3.8) is 0 Å². The number of aromatic nitrogens is 1. The van der Waals surface area contributed by atoms with Gasteiger partial charge in [-0.25, -0.2) is 4.98 Å². The van der Waals surface area contributed by atoms with Gasteiger partial charge in [-0.3, -0.25) is 9.00 Å². The minimum atomic E-state index is -0.849. The summed E-state index contributed by atoms with van der Waals surface area (Å²) in [6, 6.07) is 1.84. The van der Waals surface area contributed by atoms with Crippen molar-refractivity contribution in [2.75, 3.05) is 17.7 Å². The fraction of sp³-hybridized carbons (Fsp3) is 0.429. The number of rotatable bonds is 5. The van der Waals surface area contributed by atoms with Gasteiger partial charge in [0.25, 0.3) is 5.91 Å². The molecule has 2 aromatic rings. The molecule has 3 N–H and O–H groups in total. The van der Waals surface area contributed by atoms with Gasteiger partial charge in [0.1, 0.15) is 9.71 Å². The topological polar surface area (TPSA) is 85.1 Å². The van der Waals surface area contributed by atoms with Crippen LogP contribution in [0.2, 0.25) is 0 Å². The number of nitrogens with zero attached hydrogens (tertiary/aromatic N) is 1. The van der Waals surface area contributed by atoms with Crippen LogP contribution in [0.15, 0.2) is 12.3 Å². The van der Waals surface area contributed by atoms with E-state index in [1.807, 2.05) is 19.9 Å². The second-order valence-corrected chi connectivity index (χ2v) is 7.65. The summed E-state index contributed by atoms with van der Waals surface area (Å²) in [4.78, 5) is 17.9. The van der Waals surface area contributed by atoms with Crippen LogP contribution in [0.1, 0.15) is 28.6 Å². The smallest absolute Gasteiger partial charge is 0.263 e. The Hall–Kier alpha value is -1.47. The van der Waals surface area contributed by atoms with E-state index in [1.165, 1.54) is 11.3 Å². The number of nitrogens with one attached hydrogen (secondary N) is 1. The van der Waals surface area contributed by atoms with Crippen molar-refractivity contribution >= 4 is 43.9 Å². The average Bonchev–Trinajstić information content (AvgIpc) is 2.75. The fourth-order valence-corrected chi connectivity index (χ4v) is 3.81. The van der Waals surface area contributed by atoms with Crippen LogP contribution in [-0.2, 0) is 10.8 Å². The molecule has 0 aromatic carbocycles. The first-order valence-corrected chi connectivity index (χ1v) is 9.19. The van der Waals surface area contributed by atoms with Crippen molar-refractivity contribution < 1.29 is 9.00 Å². The van der Waals surface area contributed by atoms with E-state index in [0.717, 1.165) is 15.8 Å². The van der Waals surface area contributed by atoms with Gasteiger partial charge in [0.05, 0.1) is 5.69 Å². The van der Waals surface area contributed by atoms with Gasteiger partial charge in [0.2, 0.25) is 0 Å². The molecule has 0 aliphatic carbocycles. The number of thiophene rings is 1. The first-order chi connectivity index (χ1) is 9.90. The second-order valence-electron chi connectivity index (χ2n) is 5.09. The molecule has 0 bridgehead atoms. The fourth-order valence-electron chi connectivity index (χ4n) is 2.08. The number of carbonyl (C=O) groups excluding carboxylic acids is 1. The molecule has 2 unspecified atom stereocenters. The Bertz CT molecular complexity index is 697. The van der Waals surface area contributed by atoms with Crippen molar-refractivity contribution in [1.29, 1.82) is 0 Å². The summed E-state index contributed by atoms with van der Waals surface area (Å²) < 4.78 is 11.1. The van der Waals surface area contributed by atoms with E-state index in [1.54, 1.807) is 12.5 Å². The van der Waals surface area contributed by atoms with E-state index in [9.17, 15) is 9.00 Å². The molecule has 114 valence electrons. The van der Waals surface area contributed by atoms with Crippen LogP contribution in [0, 0.1) is 6.92 Å². The number of nitrogens with two attached hydrogens (primary N) is 1. The molecule has 7 heteroatoms. The standard InChI is InChI=1S/C14H19N3O2S2/c1-8-4-6-16-14-10(8)11(15)12(20-14)13(18)17-9(2)5-7-21(3)19/h4,6,9H,5,7,15H2,1-3H3,(H,17,18). The molecule has 2 atom stereocenters. The van der Waals surface area contributed by atoms with Crippen LogP contribution >= 0.6 is 11.3 Å². The Morgan fingerprint density at radius 1 is 1.57 bits per heavy atom.